The normalized spacial score (nSPS) is 13.8. The first-order valence-corrected chi connectivity index (χ1v) is 12.1. The molecule has 0 bridgehead atoms. The van der Waals surface area contributed by atoms with Crippen molar-refractivity contribution in [3.8, 4) is 0 Å². The van der Waals surface area contributed by atoms with Gasteiger partial charge < -0.3 is 9.05 Å². The predicted molar refractivity (Wildman–Crippen MR) is 112 cm³/mol. The molecule has 0 aliphatic rings. The summed E-state index contributed by atoms with van der Waals surface area (Å²) in [6.45, 7) is 7.31. The lowest BCUT2D eigenvalue weighted by Crippen LogP contribution is -2.13. The van der Waals surface area contributed by atoms with E-state index in [2.05, 4.69) is 20.8 Å². The van der Waals surface area contributed by atoms with Crippen molar-refractivity contribution in [3.05, 3.63) is 30.3 Å². The molecule has 26 heavy (non-hydrogen) atoms. The number of hydrogen-bond donors (Lipinski definition) is 0. The fourth-order valence-corrected chi connectivity index (χ4v) is 4.59. The summed E-state index contributed by atoms with van der Waals surface area (Å²) in [5, 5.41) is 0.660. The Bertz CT molecular complexity index is 487. The van der Waals surface area contributed by atoms with Gasteiger partial charge in [-0.2, -0.15) is 0 Å². The predicted octanol–water partition coefficient (Wildman–Crippen LogP) is 7.12. The quantitative estimate of drug-likeness (QED) is 0.226. The minimum atomic E-state index is -3.20. The van der Waals surface area contributed by atoms with E-state index in [4.69, 9.17) is 9.05 Å². The van der Waals surface area contributed by atoms with Gasteiger partial charge in [0, 0.05) is 0 Å². The summed E-state index contributed by atoms with van der Waals surface area (Å²) < 4.78 is 24.6. The molecule has 0 aliphatic heterocycles. The molecule has 1 unspecified atom stereocenters. The molecule has 1 rings (SSSR count). The van der Waals surface area contributed by atoms with Crippen LogP contribution in [0.2, 0.25) is 0 Å². The van der Waals surface area contributed by atoms with Gasteiger partial charge in [0.05, 0.1) is 18.5 Å². The molecule has 0 radical (unpaired) electrons. The van der Waals surface area contributed by atoms with E-state index in [1.54, 1.807) is 0 Å². The maximum Gasteiger partial charge on any atom is 0.361 e. The lowest BCUT2D eigenvalue weighted by atomic mass is 10.1. The van der Waals surface area contributed by atoms with E-state index in [0.717, 1.165) is 12.8 Å². The second-order valence-electron chi connectivity index (χ2n) is 7.54. The molecular formula is C22H39O3P. The molecule has 0 spiro atoms. The third-order valence-electron chi connectivity index (χ3n) is 4.41. The van der Waals surface area contributed by atoms with Crippen LogP contribution in [0.25, 0.3) is 0 Å². The van der Waals surface area contributed by atoms with Crippen LogP contribution in [0, 0.1) is 5.92 Å². The van der Waals surface area contributed by atoms with Gasteiger partial charge in [0.15, 0.2) is 0 Å². The van der Waals surface area contributed by atoms with Crippen LogP contribution in [-0.4, -0.2) is 13.2 Å². The summed E-state index contributed by atoms with van der Waals surface area (Å²) in [5.74, 6) is 0.327. The van der Waals surface area contributed by atoms with Gasteiger partial charge in [0.25, 0.3) is 0 Å². The van der Waals surface area contributed by atoms with Crippen molar-refractivity contribution < 1.29 is 13.6 Å². The van der Waals surface area contributed by atoms with Crippen molar-refractivity contribution in [2.75, 3.05) is 13.2 Å². The summed E-state index contributed by atoms with van der Waals surface area (Å²) in [6, 6.07) is 9.34. The first-order chi connectivity index (χ1) is 12.6. The standard InChI is InChI=1S/C22H39O3P/c1-4-5-6-7-8-9-10-11-12-16-19-24-26(23,25-20-21(2)3)22-17-14-13-15-18-22/h13-15,17-18,21H,4-12,16,19-20H2,1-3H3. The lowest BCUT2D eigenvalue weighted by Gasteiger charge is -2.20. The molecule has 1 aromatic carbocycles. The Morgan fingerprint density at radius 3 is 1.88 bits per heavy atom. The summed E-state index contributed by atoms with van der Waals surface area (Å²) in [4.78, 5) is 0. The Morgan fingerprint density at radius 2 is 1.35 bits per heavy atom. The van der Waals surface area contributed by atoms with Crippen LogP contribution in [0.3, 0.4) is 0 Å². The van der Waals surface area contributed by atoms with Crippen molar-refractivity contribution in [1.29, 1.82) is 0 Å². The Labute approximate surface area is 161 Å². The van der Waals surface area contributed by atoms with Gasteiger partial charge >= 0.3 is 7.60 Å². The molecular weight excluding hydrogens is 343 g/mol. The zero-order valence-corrected chi connectivity index (χ0v) is 18.0. The molecule has 0 N–H and O–H groups in total. The van der Waals surface area contributed by atoms with Crippen molar-refractivity contribution in [2.24, 2.45) is 5.92 Å². The van der Waals surface area contributed by atoms with Gasteiger partial charge in [-0.25, -0.2) is 0 Å². The van der Waals surface area contributed by atoms with Crippen LogP contribution in [0.4, 0.5) is 0 Å². The van der Waals surface area contributed by atoms with Crippen molar-refractivity contribution >= 4 is 12.9 Å². The SMILES string of the molecule is CCCCCCCCCCCCOP(=O)(OCC(C)C)c1ccccc1. The maximum atomic E-state index is 13.1. The highest BCUT2D eigenvalue weighted by Crippen LogP contribution is 2.47. The van der Waals surface area contributed by atoms with Gasteiger partial charge in [-0.15, -0.1) is 0 Å². The van der Waals surface area contributed by atoms with E-state index < -0.39 is 7.60 Å². The van der Waals surface area contributed by atoms with Crippen LogP contribution in [-0.2, 0) is 13.6 Å². The van der Waals surface area contributed by atoms with Crippen LogP contribution in [0.15, 0.2) is 30.3 Å². The number of unbranched alkanes of at least 4 members (excludes halogenated alkanes) is 9. The van der Waals surface area contributed by atoms with E-state index >= 15 is 0 Å². The molecule has 4 heteroatoms. The van der Waals surface area contributed by atoms with Gasteiger partial charge in [0.1, 0.15) is 0 Å². The fraction of sp³-hybridized carbons (Fsp3) is 0.727. The van der Waals surface area contributed by atoms with Crippen LogP contribution in [0.1, 0.15) is 85.0 Å². The molecule has 1 atom stereocenters. The molecule has 0 amide bonds. The Balaban J connectivity index is 2.23. The van der Waals surface area contributed by atoms with Gasteiger partial charge in [0.2, 0.25) is 0 Å². The smallest absolute Gasteiger partial charge is 0.305 e. The maximum absolute atomic E-state index is 13.1. The zero-order chi connectivity index (χ0) is 19.1. The lowest BCUT2D eigenvalue weighted by molar-refractivity contribution is 0.192. The Hall–Kier alpha value is -0.630. The van der Waals surface area contributed by atoms with Crippen molar-refractivity contribution in [2.45, 2.75) is 85.0 Å². The second-order valence-corrected chi connectivity index (χ2v) is 9.57. The highest BCUT2D eigenvalue weighted by Gasteiger charge is 2.27. The largest absolute Gasteiger partial charge is 0.361 e. The summed E-state index contributed by atoms with van der Waals surface area (Å²) in [7, 11) is -3.20. The van der Waals surface area contributed by atoms with E-state index in [0.29, 0.717) is 24.4 Å². The van der Waals surface area contributed by atoms with Crippen molar-refractivity contribution in [1.82, 2.24) is 0 Å². The Morgan fingerprint density at radius 1 is 0.808 bits per heavy atom. The second kappa shape index (κ2) is 14.4. The summed E-state index contributed by atoms with van der Waals surface area (Å²) in [5.41, 5.74) is 0. The average Bonchev–Trinajstić information content (AvgIpc) is 2.65. The molecule has 0 saturated heterocycles. The van der Waals surface area contributed by atoms with Crippen LogP contribution in [0.5, 0.6) is 0 Å². The molecule has 0 heterocycles. The first-order valence-electron chi connectivity index (χ1n) is 10.5. The highest BCUT2D eigenvalue weighted by molar-refractivity contribution is 7.62. The summed E-state index contributed by atoms with van der Waals surface area (Å²) >= 11 is 0. The minimum Gasteiger partial charge on any atom is -0.305 e. The molecule has 150 valence electrons. The van der Waals surface area contributed by atoms with Gasteiger partial charge in [-0.3, -0.25) is 4.57 Å². The third kappa shape index (κ3) is 10.5. The fourth-order valence-electron chi connectivity index (χ4n) is 2.82. The Kier molecular flexibility index (Phi) is 13.0. The molecule has 3 nitrogen and oxygen atoms in total. The highest BCUT2D eigenvalue weighted by atomic mass is 31.2. The third-order valence-corrected chi connectivity index (χ3v) is 6.35. The monoisotopic (exact) mass is 382 g/mol. The van der Waals surface area contributed by atoms with Gasteiger partial charge in [-0.05, 0) is 24.5 Å². The zero-order valence-electron chi connectivity index (χ0n) is 17.1. The molecule has 0 fully saturated rings. The molecule has 0 aromatic heterocycles. The van der Waals surface area contributed by atoms with E-state index in [1.165, 1.54) is 51.4 Å². The van der Waals surface area contributed by atoms with Crippen molar-refractivity contribution in [3.63, 3.8) is 0 Å². The van der Waals surface area contributed by atoms with Crippen LogP contribution < -0.4 is 5.30 Å². The molecule has 0 aliphatic carbocycles. The number of rotatable bonds is 16. The van der Waals surface area contributed by atoms with E-state index in [1.807, 2.05) is 30.3 Å². The topological polar surface area (TPSA) is 35.5 Å². The number of benzene rings is 1. The van der Waals surface area contributed by atoms with Crippen LogP contribution >= 0.6 is 7.60 Å². The average molecular weight is 383 g/mol. The van der Waals surface area contributed by atoms with Gasteiger partial charge in [-0.1, -0.05) is 96.8 Å². The number of hydrogen-bond acceptors (Lipinski definition) is 3. The van der Waals surface area contributed by atoms with E-state index in [9.17, 15) is 4.57 Å². The summed E-state index contributed by atoms with van der Waals surface area (Å²) in [6.07, 6.45) is 12.8. The molecule has 1 aromatic rings. The van der Waals surface area contributed by atoms with E-state index in [-0.39, 0.29) is 0 Å². The molecule has 0 saturated carbocycles. The first kappa shape index (κ1) is 23.4. The minimum absolute atomic E-state index is 0.327.